The number of halogens is 2. The minimum absolute atomic E-state index is 0.00973. The van der Waals surface area contributed by atoms with Gasteiger partial charge in [0.05, 0.1) is 0 Å². The largest absolute Gasteiger partial charge is 0.491 e. The molecule has 2 aromatic carbocycles. The molecule has 6 heteroatoms. The molecule has 3 N–H and O–H groups in total. The Hall–Kier alpha value is -2.34. The van der Waals surface area contributed by atoms with Crippen LogP contribution in [0.15, 0.2) is 42.5 Å². The zero-order valence-electron chi connectivity index (χ0n) is 11.1. The van der Waals surface area contributed by atoms with Crippen molar-refractivity contribution in [1.29, 1.82) is 0 Å². The molecule has 0 saturated heterocycles. The summed E-state index contributed by atoms with van der Waals surface area (Å²) < 4.78 is 36.3. The van der Waals surface area contributed by atoms with Crippen LogP contribution in [0.2, 0.25) is 0 Å². The zero-order valence-corrected chi connectivity index (χ0v) is 11.1. The fourth-order valence-corrected chi connectivity index (χ4v) is 1.65. The lowest BCUT2D eigenvalue weighted by atomic mass is 10.3. The van der Waals surface area contributed by atoms with Crippen molar-refractivity contribution in [2.45, 2.75) is 6.10 Å². The number of ether oxygens (including phenoxy) is 2. The molecular weight excluding hydrogens is 280 g/mol. The topological polar surface area (TPSA) is 64.7 Å². The maximum Gasteiger partial charge on any atom is 0.129 e. The SMILES string of the molecule is Nc1cccc(OCC(O)COc2cc(F)cc(F)c2)c1. The fourth-order valence-electron chi connectivity index (χ4n) is 1.65. The van der Waals surface area contributed by atoms with Crippen LogP contribution in [0, 0.1) is 11.6 Å². The second-order valence-electron chi connectivity index (χ2n) is 4.45. The van der Waals surface area contributed by atoms with Crippen molar-refractivity contribution in [3.8, 4) is 11.5 Å². The number of aliphatic hydroxyl groups excluding tert-OH is 1. The van der Waals surface area contributed by atoms with E-state index in [-0.39, 0.29) is 19.0 Å². The van der Waals surface area contributed by atoms with Gasteiger partial charge in [0.25, 0.3) is 0 Å². The van der Waals surface area contributed by atoms with E-state index in [0.717, 1.165) is 18.2 Å². The van der Waals surface area contributed by atoms with Gasteiger partial charge in [0.1, 0.15) is 42.5 Å². The Morgan fingerprint density at radius 1 is 0.952 bits per heavy atom. The maximum absolute atomic E-state index is 12.9. The molecule has 21 heavy (non-hydrogen) atoms. The number of hydrogen-bond acceptors (Lipinski definition) is 4. The summed E-state index contributed by atoms with van der Waals surface area (Å²) in [5.74, 6) is -0.952. The first-order chi connectivity index (χ1) is 10.0. The van der Waals surface area contributed by atoms with Gasteiger partial charge in [0.2, 0.25) is 0 Å². The van der Waals surface area contributed by atoms with Gasteiger partial charge in [-0.2, -0.15) is 0 Å². The number of nitrogens with two attached hydrogens (primary N) is 1. The number of rotatable bonds is 6. The quantitative estimate of drug-likeness (QED) is 0.803. The van der Waals surface area contributed by atoms with E-state index < -0.39 is 17.7 Å². The molecule has 0 amide bonds. The molecule has 112 valence electrons. The number of nitrogen functional groups attached to an aromatic ring is 1. The number of hydrogen-bond donors (Lipinski definition) is 2. The van der Waals surface area contributed by atoms with Gasteiger partial charge in [-0.25, -0.2) is 8.78 Å². The van der Waals surface area contributed by atoms with E-state index in [1.54, 1.807) is 24.3 Å². The molecule has 0 saturated carbocycles. The molecule has 1 unspecified atom stereocenters. The van der Waals surface area contributed by atoms with Gasteiger partial charge >= 0.3 is 0 Å². The van der Waals surface area contributed by atoms with E-state index >= 15 is 0 Å². The normalized spacial score (nSPS) is 12.0. The van der Waals surface area contributed by atoms with Crippen molar-refractivity contribution in [2.24, 2.45) is 0 Å². The van der Waals surface area contributed by atoms with Crippen LogP contribution in [-0.4, -0.2) is 24.4 Å². The molecule has 0 fully saturated rings. The molecule has 0 radical (unpaired) electrons. The van der Waals surface area contributed by atoms with Gasteiger partial charge in [-0.15, -0.1) is 0 Å². The molecule has 4 nitrogen and oxygen atoms in total. The minimum Gasteiger partial charge on any atom is -0.491 e. The fraction of sp³-hybridized carbons (Fsp3) is 0.200. The highest BCUT2D eigenvalue weighted by Gasteiger charge is 2.08. The molecule has 0 bridgehead atoms. The van der Waals surface area contributed by atoms with Gasteiger partial charge < -0.3 is 20.3 Å². The van der Waals surface area contributed by atoms with E-state index in [4.69, 9.17) is 15.2 Å². The van der Waals surface area contributed by atoms with Crippen LogP contribution < -0.4 is 15.2 Å². The first-order valence-electron chi connectivity index (χ1n) is 6.28. The molecule has 0 aliphatic rings. The summed E-state index contributed by atoms with van der Waals surface area (Å²) >= 11 is 0. The van der Waals surface area contributed by atoms with Gasteiger partial charge in [-0.3, -0.25) is 0 Å². The third-order valence-corrected chi connectivity index (χ3v) is 2.58. The van der Waals surface area contributed by atoms with Crippen LogP contribution >= 0.6 is 0 Å². The highest BCUT2D eigenvalue weighted by Crippen LogP contribution is 2.16. The molecule has 2 aromatic rings. The Labute approximate surface area is 120 Å². The van der Waals surface area contributed by atoms with Gasteiger partial charge in [0.15, 0.2) is 0 Å². The van der Waals surface area contributed by atoms with Crippen LogP contribution in [0.1, 0.15) is 0 Å². The summed E-state index contributed by atoms with van der Waals surface area (Å²) in [6.07, 6.45) is -0.947. The molecule has 1 atom stereocenters. The van der Waals surface area contributed by atoms with E-state index in [1.807, 2.05) is 0 Å². The van der Waals surface area contributed by atoms with E-state index in [0.29, 0.717) is 11.4 Å². The maximum atomic E-state index is 12.9. The highest BCUT2D eigenvalue weighted by molar-refractivity contribution is 5.43. The first-order valence-corrected chi connectivity index (χ1v) is 6.28. The summed E-state index contributed by atoms with van der Waals surface area (Å²) in [6.45, 7) is -0.174. The molecule has 2 rings (SSSR count). The first kappa shape index (κ1) is 15.1. The van der Waals surface area contributed by atoms with E-state index in [9.17, 15) is 13.9 Å². The Morgan fingerprint density at radius 2 is 1.57 bits per heavy atom. The van der Waals surface area contributed by atoms with Crippen LogP contribution in [0.5, 0.6) is 11.5 Å². The summed E-state index contributed by atoms with van der Waals surface area (Å²) in [6, 6.07) is 9.57. The van der Waals surface area contributed by atoms with Crippen LogP contribution in [-0.2, 0) is 0 Å². The lowest BCUT2D eigenvalue weighted by Crippen LogP contribution is -2.25. The Balaban J connectivity index is 1.80. The van der Waals surface area contributed by atoms with Crippen molar-refractivity contribution in [3.05, 3.63) is 54.1 Å². The second kappa shape index (κ2) is 6.90. The van der Waals surface area contributed by atoms with Crippen molar-refractivity contribution >= 4 is 5.69 Å². The standard InChI is InChI=1S/C15H15F2NO3/c16-10-4-11(17)6-15(5-10)21-9-13(19)8-20-14-3-1-2-12(18)7-14/h1-7,13,19H,8-9,18H2. The lowest BCUT2D eigenvalue weighted by molar-refractivity contribution is 0.0624. The highest BCUT2D eigenvalue weighted by atomic mass is 19.1. The smallest absolute Gasteiger partial charge is 0.129 e. The van der Waals surface area contributed by atoms with E-state index in [2.05, 4.69) is 0 Å². The number of aliphatic hydroxyl groups is 1. The Kier molecular flexibility index (Phi) is 4.94. The van der Waals surface area contributed by atoms with Crippen LogP contribution in [0.3, 0.4) is 0 Å². The van der Waals surface area contributed by atoms with Gasteiger partial charge in [-0.1, -0.05) is 6.07 Å². The predicted octanol–water partition coefficient (Wildman–Crippen LogP) is 2.37. The summed E-state index contributed by atoms with van der Waals surface area (Å²) in [7, 11) is 0. The zero-order chi connectivity index (χ0) is 15.2. The average Bonchev–Trinajstić information content (AvgIpc) is 2.42. The lowest BCUT2D eigenvalue weighted by Gasteiger charge is -2.14. The number of benzene rings is 2. The van der Waals surface area contributed by atoms with E-state index in [1.165, 1.54) is 0 Å². The summed E-state index contributed by atoms with van der Waals surface area (Å²) in [4.78, 5) is 0. The van der Waals surface area contributed by atoms with Crippen molar-refractivity contribution < 1.29 is 23.4 Å². The van der Waals surface area contributed by atoms with Crippen LogP contribution in [0.4, 0.5) is 14.5 Å². The van der Waals surface area contributed by atoms with Crippen molar-refractivity contribution in [1.82, 2.24) is 0 Å². The van der Waals surface area contributed by atoms with Gasteiger partial charge in [0, 0.05) is 30.0 Å². The average molecular weight is 295 g/mol. The second-order valence-corrected chi connectivity index (χ2v) is 4.45. The molecule has 0 spiro atoms. The molecule has 0 aliphatic heterocycles. The molecule has 0 aliphatic carbocycles. The summed E-state index contributed by atoms with van der Waals surface area (Å²) in [5.41, 5.74) is 6.14. The summed E-state index contributed by atoms with van der Waals surface area (Å²) in [5, 5.41) is 9.71. The number of anilines is 1. The van der Waals surface area contributed by atoms with Crippen molar-refractivity contribution in [2.75, 3.05) is 18.9 Å². The van der Waals surface area contributed by atoms with Crippen LogP contribution in [0.25, 0.3) is 0 Å². The monoisotopic (exact) mass is 295 g/mol. The molecule has 0 aromatic heterocycles. The Bertz CT molecular complexity index is 587. The predicted molar refractivity (Wildman–Crippen MR) is 74.2 cm³/mol. The third kappa shape index (κ3) is 4.92. The third-order valence-electron chi connectivity index (χ3n) is 2.58. The minimum atomic E-state index is -0.947. The Morgan fingerprint density at radius 3 is 2.19 bits per heavy atom. The molecule has 0 heterocycles. The van der Waals surface area contributed by atoms with Gasteiger partial charge in [-0.05, 0) is 12.1 Å². The van der Waals surface area contributed by atoms with Crippen molar-refractivity contribution in [3.63, 3.8) is 0 Å². The molecular formula is C15H15F2NO3.